The van der Waals surface area contributed by atoms with Crippen molar-refractivity contribution in [3.05, 3.63) is 41.7 Å². The van der Waals surface area contributed by atoms with Gasteiger partial charge in [-0.2, -0.15) is 9.97 Å². The lowest BCUT2D eigenvalue weighted by atomic mass is 10.1. The van der Waals surface area contributed by atoms with Crippen molar-refractivity contribution < 1.29 is 20.1 Å². The summed E-state index contributed by atoms with van der Waals surface area (Å²) in [6, 6.07) is 8.47. The van der Waals surface area contributed by atoms with Gasteiger partial charge in [0.25, 0.3) is 0 Å². The molecule has 0 radical (unpaired) electrons. The average molecular weight is 398 g/mol. The normalized spacial score (nSPS) is 26.9. The summed E-state index contributed by atoms with van der Waals surface area (Å²) in [4.78, 5) is 13.0. The maximum absolute atomic E-state index is 10.3. The van der Waals surface area contributed by atoms with Crippen LogP contribution in [0.4, 0.5) is 11.8 Å². The van der Waals surface area contributed by atoms with Crippen molar-refractivity contribution in [1.82, 2.24) is 19.5 Å². The predicted octanol–water partition coefficient (Wildman–Crippen LogP) is -0.401. The summed E-state index contributed by atoms with van der Waals surface area (Å²) in [7, 11) is 0. The van der Waals surface area contributed by atoms with Crippen molar-refractivity contribution in [2.75, 3.05) is 17.7 Å². The molecule has 0 saturated carbocycles. The van der Waals surface area contributed by atoms with Gasteiger partial charge < -0.3 is 31.1 Å². The number of nitrogen functional groups attached to an aromatic ring is 1. The molecule has 2 aliphatic rings. The number of aliphatic hydroxyl groups is 3. The van der Waals surface area contributed by atoms with Crippen molar-refractivity contribution in [2.45, 2.75) is 43.4 Å². The van der Waals surface area contributed by atoms with Crippen molar-refractivity contribution in [3.63, 3.8) is 0 Å². The molecule has 6 N–H and O–H groups in total. The summed E-state index contributed by atoms with van der Waals surface area (Å²) in [5.74, 6) is 0.569. The SMILES string of the molecule is Nc1nc(NC2Cc3ccccc3C2)c2ncn([C@@H]3O[C@H](CO)C(O)C3O)c2n1. The summed E-state index contributed by atoms with van der Waals surface area (Å²) in [5.41, 5.74) is 9.41. The van der Waals surface area contributed by atoms with Crippen molar-refractivity contribution in [3.8, 4) is 0 Å². The first-order chi connectivity index (χ1) is 14.0. The van der Waals surface area contributed by atoms with Crippen LogP contribution in [0.25, 0.3) is 11.2 Å². The first-order valence-electron chi connectivity index (χ1n) is 9.51. The van der Waals surface area contributed by atoms with E-state index in [2.05, 4.69) is 32.4 Å². The van der Waals surface area contributed by atoms with Crippen LogP contribution in [0.5, 0.6) is 0 Å². The molecule has 0 bridgehead atoms. The molecule has 0 amide bonds. The van der Waals surface area contributed by atoms with Crippen LogP contribution in [0.3, 0.4) is 0 Å². The zero-order chi connectivity index (χ0) is 20.1. The summed E-state index contributed by atoms with van der Waals surface area (Å²) < 4.78 is 7.10. The number of aromatic nitrogens is 4. The van der Waals surface area contributed by atoms with E-state index < -0.39 is 31.1 Å². The van der Waals surface area contributed by atoms with E-state index in [9.17, 15) is 15.3 Å². The third-order valence-electron chi connectivity index (χ3n) is 5.62. The molecule has 3 aromatic rings. The summed E-state index contributed by atoms with van der Waals surface area (Å²) in [6.45, 7) is -0.409. The standard InChI is InChI=1S/C19H22N6O4/c20-19-23-16(22-11-5-9-3-1-2-4-10(9)6-11)13-17(24-19)25(8-21-13)18-15(28)14(27)12(7-26)29-18/h1-4,8,11-12,14-15,18,26-28H,5-7H2,(H3,20,22,23,24)/t12-,14?,15?,18-/m1/s1. The number of anilines is 2. The number of benzene rings is 1. The molecule has 2 aromatic heterocycles. The fraction of sp³-hybridized carbons (Fsp3) is 0.421. The van der Waals surface area contributed by atoms with E-state index in [1.54, 1.807) is 0 Å². The molecule has 29 heavy (non-hydrogen) atoms. The fourth-order valence-corrected chi connectivity index (χ4v) is 4.18. The highest BCUT2D eigenvalue weighted by Crippen LogP contribution is 2.33. The van der Waals surface area contributed by atoms with Crippen molar-refractivity contribution in [1.29, 1.82) is 0 Å². The molecule has 1 fully saturated rings. The lowest BCUT2D eigenvalue weighted by Gasteiger charge is -2.17. The number of nitrogens with two attached hydrogens (primary N) is 1. The Kier molecular flexibility index (Phi) is 4.36. The van der Waals surface area contributed by atoms with E-state index in [1.807, 2.05) is 12.1 Å². The Balaban J connectivity index is 1.46. The molecular weight excluding hydrogens is 376 g/mol. The Bertz CT molecular complexity index is 1030. The molecule has 1 aromatic carbocycles. The molecule has 5 rings (SSSR count). The van der Waals surface area contributed by atoms with Gasteiger partial charge in [-0.05, 0) is 24.0 Å². The topological polar surface area (TPSA) is 152 Å². The lowest BCUT2D eigenvalue weighted by Crippen LogP contribution is -2.33. The van der Waals surface area contributed by atoms with Crippen LogP contribution in [-0.2, 0) is 17.6 Å². The largest absolute Gasteiger partial charge is 0.394 e. The monoisotopic (exact) mass is 398 g/mol. The molecule has 1 aliphatic carbocycles. The molecule has 1 saturated heterocycles. The minimum Gasteiger partial charge on any atom is -0.394 e. The molecule has 1 aliphatic heterocycles. The quantitative estimate of drug-likeness (QED) is 0.395. The number of nitrogens with one attached hydrogen (secondary N) is 1. The average Bonchev–Trinajstić information content (AvgIpc) is 3.38. The van der Waals surface area contributed by atoms with E-state index in [-0.39, 0.29) is 12.0 Å². The van der Waals surface area contributed by atoms with Crippen molar-refractivity contribution >= 4 is 22.9 Å². The molecule has 3 heterocycles. The number of hydrogen-bond acceptors (Lipinski definition) is 9. The van der Waals surface area contributed by atoms with Gasteiger partial charge in [0.1, 0.15) is 18.3 Å². The van der Waals surface area contributed by atoms with Crippen LogP contribution >= 0.6 is 0 Å². The van der Waals surface area contributed by atoms with Gasteiger partial charge in [0, 0.05) is 6.04 Å². The summed E-state index contributed by atoms with van der Waals surface area (Å²) in [5, 5.41) is 33.1. The Morgan fingerprint density at radius 2 is 1.86 bits per heavy atom. The second kappa shape index (κ2) is 6.92. The predicted molar refractivity (Wildman–Crippen MR) is 104 cm³/mol. The molecule has 152 valence electrons. The number of nitrogens with zero attached hydrogens (tertiary/aromatic N) is 4. The smallest absolute Gasteiger partial charge is 0.224 e. The Hall–Kier alpha value is -2.79. The maximum atomic E-state index is 10.3. The van der Waals surface area contributed by atoms with Gasteiger partial charge in [0.15, 0.2) is 23.2 Å². The zero-order valence-electron chi connectivity index (χ0n) is 15.5. The third kappa shape index (κ3) is 3.01. The second-order valence-electron chi connectivity index (χ2n) is 7.50. The van der Waals surface area contributed by atoms with Crippen LogP contribution in [-0.4, -0.2) is 65.8 Å². The van der Waals surface area contributed by atoms with Gasteiger partial charge in [0.2, 0.25) is 5.95 Å². The Morgan fingerprint density at radius 3 is 2.52 bits per heavy atom. The van der Waals surface area contributed by atoms with E-state index in [0.29, 0.717) is 17.0 Å². The minimum absolute atomic E-state index is 0.0593. The van der Waals surface area contributed by atoms with E-state index >= 15 is 0 Å². The van der Waals surface area contributed by atoms with Crippen LogP contribution in [0.15, 0.2) is 30.6 Å². The highest BCUT2D eigenvalue weighted by molar-refractivity contribution is 5.84. The van der Waals surface area contributed by atoms with E-state index in [0.717, 1.165) is 12.8 Å². The van der Waals surface area contributed by atoms with Gasteiger partial charge in [-0.25, -0.2) is 4.98 Å². The first-order valence-corrected chi connectivity index (χ1v) is 9.51. The molecule has 4 atom stereocenters. The number of rotatable bonds is 4. The van der Waals surface area contributed by atoms with Crippen LogP contribution < -0.4 is 11.1 Å². The minimum atomic E-state index is -1.23. The van der Waals surface area contributed by atoms with Gasteiger partial charge in [-0.3, -0.25) is 4.57 Å². The number of ether oxygens (including phenoxy) is 1. The van der Waals surface area contributed by atoms with Gasteiger partial charge >= 0.3 is 0 Å². The van der Waals surface area contributed by atoms with E-state index in [1.165, 1.54) is 22.0 Å². The van der Waals surface area contributed by atoms with E-state index in [4.69, 9.17) is 10.5 Å². The second-order valence-corrected chi connectivity index (χ2v) is 7.50. The lowest BCUT2D eigenvalue weighted by molar-refractivity contribution is -0.0511. The number of fused-ring (bicyclic) bond motifs is 2. The molecule has 10 nitrogen and oxygen atoms in total. The Morgan fingerprint density at radius 1 is 1.14 bits per heavy atom. The maximum Gasteiger partial charge on any atom is 0.224 e. The van der Waals surface area contributed by atoms with Crippen LogP contribution in [0.1, 0.15) is 17.4 Å². The van der Waals surface area contributed by atoms with Gasteiger partial charge in [0.05, 0.1) is 12.9 Å². The molecular formula is C19H22N6O4. The highest BCUT2D eigenvalue weighted by atomic mass is 16.6. The Labute approximate surface area is 166 Å². The molecule has 10 heteroatoms. The first kappa shape index (κ1) is 18.3. The van der Waals surface area contributed by atoms with Gasteiger partial charge in [-0.1, -0.05) is 24.3 Å². The van der Waals surface area contributed by atoms with Crippen molar-refractivity contribution in [2.24, 2.45) is 0 Å². The number of hydrogen-bond donors (Lipinski definition) is 5. The van der Waals surface area contributed by atoms with Crippen LogP contribution in [0.2, 0.25) is 0 Å². The number of imidazole rings is 1. The number of aliphatic hydroxyl groups excluding tert-OH is 3. The third-order valence-corrected chi connectivity index (χ3v) is 5.62. The summed E-state index contributed by atoms with van der Waals surface area (Å²) in [6.07, 6.45) is -1.06. The molecule has 2 unspecified atom stereocenters. The summed E-state index contributed by atoms with van der Waals surface area (Å²) >= 11 is 0. The van der Waals surface area contributed by atoms with Gasteiger partial charge in [-0.15, -0.1) is 0 Å². The van der Waals surface area contributed by atoms with Crippen LogP contribution in [0, 0.1) is 0 Å². The fourth-order valence-electron chi connectivity index (χ4n) is 4.18. The highest BCUT2D eigenvalue weighted by Gasteiger charge is 2.44. The zero-order valence-corrected chi connectivity index (χ0v) is 15.5. The molecule has 0 spiro atoms.